The highest BCUT2D eigenvalue weighted by molar-refractivity contribution is 5.77. The molecule has 1 amide bonds. The van der Waals surface area contributed by atoms with Crippen molar-refractivity contribution in [3.63, 3.8) is 0 Å². The van der Waals surface area contributed by atoms with Gasteiger partial charge in [-0.05, 0) is 20.9 Å². The summed E-state index contributed by atoms with van der Waals surface area (Å²) >= 11 is 0. The number of likely N-dealkylation sites (N-methyl/N-ethyl adjacent to an activating group) is 2. The Labute approximate surface area is 97.3 Å². The molecular weight excluding hydrogens is 208 g/mol. The van der Waals surface area contributed by atoms with Crippen LogP contribution >= 0.6 is 0 Å². The second kappa shape index (κ2) is 7.22. The zero-order valence-corrected chi connectivity index (χ0v) is 10.8. The lowest BCUT2D eigenvalue weighted by Gasteiger charge is -2.24. The van der Waals surface area contributed by atoms with E-state index in [1.807, 2.05) is 18.9 Å². The third kappa shape index (κ3) is 5.70. The van der Waals surface area contributed by atoms with E-state index >= 15 is 0 Å². The van der Waals surface area contributed by atoms with Gasteiger partial charge >= 0.3 is 5.97 Å². The van der Waals surface area contributed by atoms with Gasteiger partial charge < -0.3 is 9.64 Å². The maximum Gasteiger partial charge on any atom is 0.307 e. The molecule has 1 atom stereocenters. The average Bonchev–Trinajstić information content (AvgIpc) is 2.17. The van der Waals surface area contributed by atoms with Crippen molar-refractivity contribution < 1.29 is 14.3 Å². The fraction of sp³-hybridized carbons (Fsp3) is 0.818. The third-order valence-corrected chi connectivity index (χ3v) is 2.40. The highest BCUT2D eigenvalue weighted by atomic mass is 16.5. The molecule has 0 N–H and O–H groups in total. The Morgan fingerprint density at radius 3 is 2.25 bits per heavy atom. The van der Waals surface area contributed by atoms with Crippen molar-refractivity contribution in [2.45, 2.75) is 26.3 Å². The molecule has 5 heteroatoms. The molecule has 0 aliphatic rings. The van der Waals surface area contributed by atoms with Crippen LogP contribution in [0.5, 0.6) is 0 Å². The van der Waals surface area contributed by atoms with E-state index < -0.39 is 0 Å². The van der Waals surface area contributed by atoms with Gasteiger partial charge in [0.05, 0.1) is 19.6 Å². The van der Waals surface area contributed by atoms with E-state index in [1.54, 1.807) is 21.0 Å². The number of hydrogen-bond donors (Lipinski definition) is 0. The number of ether oxygens (including phenoxy) is 1. The predicted octanol–water partition coefficient (Wildman–Crippen LogP) is 0.348. The molecule has 0 aromatic carbocycles. The first-order valence-electron chi connectivity index (χ1n) is 5.44. The summed E-state index contributed by atoms with van der Waals surface area (Å²) in [5.41, 5.74) is 0. The Balaban J connectivity index is 4.03. The SMILES string of the molecule is CCOC(=O)CC(C)N(C)CC(=O)N(C)C. The van der Waals surface area contributed by atoms with Crippen LogP contribution in [0.15, 0.2) is 0 Å². The van der Waals surface area contributed by atoms with Gasteiger partial charge in [-0.3, -0.25) is 14.5 Å². The molecule has 5 nitrogen and oxygen atoms in total. The van der Waals surface area contributed by atoms with Crippen LogP contribution in [0.4, 0.5) is 0 Å². The van der Waals surface area contributed by atoms with Crippen molar-refractivity contribution >= 4 is 11.9 Å². The molecule has 0 spiro atoms. The van der Waals surface area contributed by atoms with Crippen LogP contribution < -0.4 is 0 Å². The largest absolute Gasteiger partial charge is 0.466 e. The fourth-order valence-corrected chi connectivity index (χ4v) is 1.13. The van der Waals surface area contributed by atoms with Gasteiger partial charge in [0, 0.05) is 20.1 Å². The number of rotatable bonds is 6. The third-order valence-electron chi connectivity index (χ3n) is 2.40. The van der Waals surface area contributed by atoms with Crippen molar-refractivity contribution in [2.75, 3.05) is 34.3 Å². The lowest BCUT2D eigenvalue weighted by Crippen LogP contribution is -2.40. The maximum atomic E-state index is 11.4. The molecule has 16 heavy (non-hydrogen) atoms. The second-order valence-electron chi connectivity index (χ2n) is 4.06. The van der Waals surface area contributed by atoms with Gasteiger partial charge in [-0.25, -0.2) is 0 Å². The summed E-state index contributed by atoms with van der Waals surface area (Å²) in [4.78, 5) is 26.1. The van der Waals surface area contributed by atoms with Gasteiger partial charge in [-0.2, -0.15) is 0 Å². The van der Waals surface area contributed by atoms with E-state index in [1.165, 1.54) is 4.90 Å². The van der Waals surface area contributed by atoms with Crippen molar-refractivity contribution in [1.82, 2.24) is 9.80 Å². The van der Waals surface area contributed by atoms with Crippen LogP contribution in [0.3, 0.4) is 0 Å². The van der Waals surface area contributed by atoms with E-state index in [2.05, 4.69) is 0 Å². The molecule has 0 rings (SSSR count). The molecule has 0 aromatic heterocycles. The van der Waals surface area contributed by atoms with E-state index in [9.17, 15) is 9.59 Å². The predicted molar refractivity (Wildman–Crippen MR) is 62.0 cm³/mol. The lowest BCUT2D eigenvalue weighted by atomic mass is 10.2. The quantitative estimate of drug-likeness (QED) is 0.618. The summed E-state index contributed by atoms with van der Waals surface area (Å²) in [6.07, 6.45) is 0.311. The molecule has 0 aliphatic heterocycles. The molecule has 0 bridgehead atoms. The Bertz CT molecular complexity index is 241. The minimum Gasteiger partial charge on any atom is -0.466 e. The van der Waals surface area contributed by atoms with Crippen molar-refractivity contribution in [1.29, 1.82) is 0 Å². The van der Waals surface area contributed by atoms with Crippen molar-refractivity contribution in [2.24, 2.45) is 0 Å². The van der Waals surface area contributed by atoms with E-state index in [-0.39, 0.29) is 17.9 Å². The molecule has 94 valence electrons. The normalized spacial score (nSPS) is 12.4. The van der Waals surface area contributed by atoms with Gasteiger partial charge in [0.15, 0.2) is 0 Å². The van der Waals surface area contributed by atoms with Crippen LogP contribution in [0, 0.1) is 0 Å². The summed E-state index contributed by atoms with van der Waals surface area (Å²) in [5.74, 6) is -0.197. The summed E-state index contributed by atoms with van der Waals surface area (Å²) in [5, 5.41) is 0. The molecule has 0 aromatic rings. The van der Waals surface area contributed by atoms with Crippen LogP contribution in [-0.4, -0.2) is 62.0 Å². The highest BCUT2D eigenvalue weighted by Gasteiger charge is 2.17. The van der Waals surface area contributed by atoms with E-state index in [0.717, 1.165) is 0 Å². The Kier molecular flexibility index (Phi) is 6.72. The highest BCUT2D eigenvalue weighted by Crippen LogP contribution is 2.03. The average molecular weight is 230 g/mol. The number of carbonyl (C=O) groups excluding carboxylic acids is 2. The molecule has 0 aliphatic carbocycles. The summed E-state index contributed by atoms with van der Waals surface area (Å²) in [6, 6.07) is 0.00273. The van der Waals surface area contributed by atoms with Gasteiger partial charge in [0.25, 0.3) is 0 Å². The second-order valence-corrected chi connectivity index (χ2v) is 4.06. The van der Waals surface area contributed by atoms with E-state index in [0.29, 0.717) is 19.6 Å². The molecule has 0 heterocycles. The zero-order chi connectivity index (χ0) is 12.7. The van der Waals surface area contributed by atoms with Crippen LogP contribution in [0.25, 0.3) is 0 Å². The van der Waals surface area contributed by atoms with Crippen LogP contribution in [-0.2, 0) is 14.3 Å². The molecule has 0 saturated carbocycles. The number of esters is 1. The minimum atomic E-state index is -0.223. The van der Waals surface area contributed by atoms with E-state index in [4.69, 9.17) is 4.74 Å². The maximum absolute atomic E-state index is 11.4. The Hall–Kier alpha value is -1.10. The van der Waals surface area contributed by atoms with Crippen molar-refractivity contribution in [3.05, 3.63) is 0 Å². The number of amides is 1. The molecule has 1 unspecified atom stereocenters. The first kappa shape index (κ1) is 14.9. The number of hydrogen-bond acceptors (Lipinski definition) is 4. The minimum absolute atomic E-state index is 0.00273. The summed E-state index contributed by atoms with van der Waals surface area (Å²) < 4.78 is 4.85. The molecule has 0 saturated heterocycles. The summed E-state index contributed by atoms with van der Waals surface area (Å²) in [7, 11) is 5.25. The molecule has 0 radical (unpaired) electrons. The zero-order valence-electron chi connectivity index (χ0n) is 10.8. The first-order valence-corrected chi connectivity index (χ1v) is 5.44. The standard InChI is InChI=1S/C11H22N2O3/c1-6-16-11(15)7-9(2)13(5)8-10(14)12(3)4/h9H,6-8H2,1-5H3. The van der Waals surface area contributed by atoms with Gasteiger partial charge in [0.1, 0.15) is 0 Å². The Morgan fingerprint density at radius 2 is 1.81 bits per heavy atom. The lowest BCUT2D eigenvalue weighted by molar-refractivity contribution is -0.145. The molecule has 0 fully saturated rings. The fourth-order valence-electron chi connectivity index (χ4n) is 1.13. The molecular formula is C11H22N2O3. The van der Waals surface area contributed by atoms with Gasteiger partial charge in [0.2, 0.25) is 5.91 Å². The topological polar surface area (TPSA) is 49.9 Å². The monoisotopic (exact) mass is 230 g/mol. The van der Waals surface area contributed by atoms with Crippen LogP contribution in [0.1, 0.15) is 20.3 Å². The number of carbonyl (C=O) groups is 2. The summed E-state index contributed by atoms with van der Waals surface area (Å²) in [6.45, 7) is 4.39. The van der Waals surface area contributed by atoms with Gasteiger partial charge in [-0.15, -0.1) is 0 Å². The van der Waals surface area contributed by atoms with Crippen molar-refractivity contribution in [3.8, 4) is 0 Å². The first-order chi connectivity index (χ1) is 7.38. The smallest absolute Gasteiger partial charge is 0.307 e. The van der Waals surface area contributed by atoms with Crippen LogP contribution in [0.2, 0.25) is 0 Å². The Morgan fingerprint density at radius 1 is 1.25 bits per heavy atom. The van der Waals surface area contributed by atoms with Gasteiger partial charge in [-0.1, -0.05) is 0 Å². The number of nitrogens with zero attached hydrogens (tertiary/aromatic N) is 2.